The first-order valence-electron chi connectivity index (χ1n) is 5.50. The van der Waals surface area contributed by atoms with Crippen molar-refractivity contribution in [3.63, 3.8) is 0 Å². The smallest absolute Gasteiger partial charge is 0.145 e. The number of halogens is 1. The first kappa shape index (κ1) is 12.9. The van der Waals surface area contributed by atoms with Crippen LogP contribution in [0, 0.1) is 0 Å². The Morgan fingerprint density at radius 3 is 2.72 bits per heavy atom. The Labute approximate surface area is 110 Å². The van der Waals surface area contributed by atoms with Gasteiger partial charge in [-0.2, -0.15) is 0 Å². The molecule has 0 saturated heterocycles. The molecule has 2 aromatic rings. The zero-order chi connectivity index (χ0) is 13.0. The Balaban J connectivity index is 2.42. The van der Waals surface area contributed by atoms with Crippen molar-refractivity contribution >= 4 is 22.4 Å². The van der Waals surface area contributed by atoms with Gasteiger partial charge in [0.2, 0.25) is 0 Å². The van der Waals surface area contributed by atoms with E-state index in [1.54, 1.807) is 20.4 Å². The summed E-state index contributed by atoms with van der Waals surface area (Å²) in [6.07, 6.45) is 1.61. The average molecular weight is 268 g/mol. The molecule has 0 aliphatic heterocycles. The molecule has 0 bridgehead atoms. The van der Waals surface area contributed by atoms with Crippen molar-refractivity contribution in [2.24, 2.45) is 0 Å². The van der Waals surface area contributed by atoms with E-state index in [-0.39, 0.29) is 0 Å². The molecule has 4 nitrogen and oxygen atoms in total. The van der Waals surface area contributed by atoms with Crippen LogP contribution in [0.5, 0.6) is 11.5 Å². The van der Waals surface area contributed by atoms with Crippen LogP contribution in [0.15, 0.2) is 24.4 Å². The van der Waals surface area contributed by atoms with E-state index >= 15 is 0 Å². The van der Waals surface area contributed by atoms with Crippen LogP contribution in [0.4, 0.5) is 0 Å². The maximum Gasteiger partial charge on any atom is 0.145 e. The van der Waals surface area contributed by atoms with E-state index in [0.29, 0.717) is 24.1 Å². The highest BCUT2D eigenvalue weighted by atomic mass is 35.5. The first-order chi connectivity index (χ1) is 8.76. The molecule has 0 aliphatic rings. The lowest BCUT2D eigenvalue weighted by Gasteiger charge is -2.10. The van der Waals surface area contributed by atoms with Crippen LogP contribution in [-0.2, 0) is 4.74 Å². The molecule has 0 amide bonds. The van der Waals surface area contributed by atoms with Gasteiger partial charge in [0.05, 0.1) is 19.9 Å². The van der Waals surface area contributed by atoms with Crippen molar-refractivity contribution in [2.45, 2.75) is 0 Å². The molecule has 18 heavy (non-hydrogen) atoms. The normalized spacial score (nSPS) is 10.6. The molecule has 0 saturated carbocycles. The fraction of sp³-hybridized carbons (Fsp3) is 0.308. The number of methoxy groups -OCH3 is 2. The monoisotopic (exact) mass is 267 g/mol. The maximum absolute atomic E-state index is 6.05. The molecular weight excluding hydrogens is 254 g/mol. The van der Waals surface area contributed by atoms with Crippen LogP contribution in [-0.4, -0.2) is 32.4 Å². The van der Waals surface area contributed by atoms with E-state index in [9.17, 15) is 0 Å². The standard InChI is InChI=1S/C13H14ClNO3/c1-16-5-6-18-12-8-15-13(14)10-4-3-9(17-2)7-11(10)12/h3-4,7-8H,5-6H2,1-2H3. The van der Waals surface area contributed by atoms with Gasteiger partial charge in [-0.15, -0.1) is 0 Å². The Morgan fingerprint density at radius 2 is 2.00 bits per heavy atom. The van der Waals surface area contributed by atoms with Gasteiger partial charge in [-0.25, -0.2) is 4.98 Å². The highest BCUT2D eigenvalue weighted by Gasteiger charge is 2.08. The summed E-state index contributed by atoms with van der Waals surface area (Å²) in [5.74, 6) is 1.42. The summed E-state index contributed by atoms with van der Waals surface area (Å²) in [5, 5.41) is 2.17. The maximum atomic E-state index is 6.05. The van der Waals surface area contributed by atoms with Crippen LogP contribution < -0.4 is 9.47 Å². The van der Waals surface area contributed by atoms with Gasteiger partial charge in [-0.3, -0.25) is 0 Å². The highest BCUT2D eigenvalue weighted by molar-refractivity contribution is 6.34. The second-order valence-electron chi connectivity index (χ2n) is 3.67. The largest absolute Gasteiger partial charge is 0.497 e. The molecule has 2 rings (SSSR count). The lowest BCUT2D eigenvalue weighted by atomic mass is 10.1. The highest BCUT2D eigenvalue weighted by Crippen LogP contribution is 2.32. The second-order valence-corrected chi connectivity index (χ2v) is 4.02. The zero-order valence-electron chi connectivity index (χ0n) is 10.3. The summed E-state index contributed by atoms with van der Waals surface area (Å²) in [5.41, 5.74) is 0. The van der Waals surface area contributed by atoms with E-state index in [4.69, 9.17) is 25.8 Å². The number of nitrogens with zero attached hydrogens (tertiary/aromatic N) is 1. The molecule has 0 spiro atoms. The molecule has 1 aromatic carbocycles. The Morgan fingerprint density at radius 1 is 1.17 bits per heavy atom. The number of rotatable bonds is 5. The average Bonchev–Trinajstić information content (AvgIpc) is 2.41. The number of fused-ring (bicyclic) bond motifs is 1. The lowest BCUT2D eigenvalue weighted by molar-refractivity contribution is 0.147. The molecule has 0 atom stereocenters. The van der Waals surface area contributed by atoms with E-state index in [2.05, 4.69) is 4.98 Å². The molecule has 5 heteroatoms. The van der Waals surface area contributed by atoms with Gasteiger partial charge < -0.3 is 14.2 Å². The van der Waals surface area contributed by atoms with Crippen molar-refractivity contribution in [3.8, 4) is 11.5 Å². The number of hydrogen-bond donors (Lipinski definition) is 0. The van der Waals surface area contributed by atoms with Gasteiger partial charge in [0.15, 0.2) is 0 Å². The number of ether oxygens (including phenoxy) is 3. The van der Waals surface area contributed by atoms with Crippen molar-refractivity contribution in [2.75, 3.05) is 27.4 Å². The molecule has 0 aliphatic carbocycles. The van der Waals surface area contributed by atoms with Crippen molar-refractivity contribution in [1.29, 1.82) is 0 Å². The quantitative estimate of drug-likeness (QED) is 0.617. The van der Waals surface area contributed by atoms with Crippen LogP contribution in [0.3, 0.4) is 0 Å². The van der Waals surface area contributed by atoms with Gasteiger partial charge in [0, 0.05) is 17.9 Å². The lowest BCUT2D eigenvalue weighted by Crippen LogP contribution is -2.05. The summed E-state index contributed by atoms with van der Waals surface area (Å²) in [7, 11) is 3.25. The van der Waals surface area contributed by atoms with Crippen LogP contribution in [0.2, 0.25) is 5.15 Å². The molecule has 0 N–H and O–H groups in total. The van der Waals surface area contributed by atoms with Crippen LogP contribution in [0.25, 0.3) is 10.8 Å². The minimum absolute atomic E-state index is 0.451. The summed E-state index contributed by atoms with van der Waals surface area (Å²) >= 11 is 6.05. The third kappa shape index (κ3) is 2.66. The van der Waals surface area contributed by atoms with Crippen LogP contribution in [0.1, 0.15) is 0 Å². The van der Waals surface area contributed by atoms with E-state index in [0.717, 1.165) is 16.5 Å². The number of hydrogen-bond acceptors (Lipinski definition) is 4. The minimum atomic E-state index is 0.451. The number of benzene rings is 1. The molecule has 0 fully saturated rings. The minimum Gasteiger partial charge on any atom is -0.497 e. The predicted octanol–water partition coefficient (Wildman–Crippen LogP) is 2.92. The van der Waals surface area contributed by atoms with E-state index in [1.807, 2.05) is 18.2 Å². The van der Waals surface area contributed by atoms with Gasteiger partial charge in [-0.1, -0.05) is 11.6 Å². The van der Waals surface area contributed by atoms with E-state index in [1.165, 1.54) is 0 Å². The third-order valence-corrected chi connectivity index (χ3v) is 2.86. The van der Waals surface area contributed by atoms with Crippen molar-refractivity contribution in [1.82, 2.24) is 4.98 Å². The fourth-order valence-corrected chi connectivity index (χ4v) is 1.85. The Hall–Kier alpha value is -1.52. The Kier molecular flexibility index (Phi) is 4.23. The molecule has 1 aromatic heterocycles. The van der Waals surface area contributed by atoms with E-state index < -0.39 is 0 Å². The summed E-state index contributed by atoms with van der Waals surface area (Å²) in [6, 6.07) is 5.59. The predicted molar refractivity (Wildman–Crippen MR) is 70.7 cm³/mol. The summed E-state index contributed by atoms with van der Waals surface area (Å²) in [4.78, 5) is 4.10. The second kappa shape index (κ2) is 5.89. The number of aromatic nitrogens is 1. The molecule has 1 heterocycles. The van der Waals surface area contributed by atoms with Gasteiger partial charge in [0.25, 0.3) is 0 Å². The van der Waals surface area contributed by atoms with Gasteiger partial charge >= 0.3 is 0 Å². The van der Waals surface area contributed by atoms with Crippen molar-refractivity contribution < 1.29 is 14.2 Å². The molecule has 0 unspecified atom stereocenters. The van der Waals surface area contributed by atoms with Gasteiger partial charge in [-0.05, 0) is 18.2 Å². The molecular formula is C13H14ClNO3. The first-order valence-corrected chi connectivity index (χ1v) is 5.88. The third-order valence-electron chi connectivity index (χ3n) is 2.55. The zero-order valence-corrected chi connectivity index (χ0v) is 11.0. The summed E-state index contributed by atoms with van der Waals surface area (Å²) < 4.78 is 15.8. The fourth-order valence-electron chi connectivity index (χ4n) is 1.64. The molecule has 0 radical (unpaired) electrons. The van der Waals surface area contributed by atoms with Crippen molar-refractivity contribution in [3.05, 3.63) is 29.5 Å². The topological polar surface area (TPSA) is 40.6 Å². The van der Waals surface area contributed by atoms with Gasteiger partial charge in [0.1, 0.15) is 23.3 Å². The Bertz CT molecular complexity index is 545. The number of pyridine rings is 1. The molecule has 96 valence electrons. The van der Waals surface area contributed by atoms with Crippen LogP contribution >= 0.6 is 11.6 Å². The SMILES string of the molecule is COCCOc1cnc(Cl)c2ccc(OC)cc12. The summed E-state index contributed by atoms with van der Waals surface area (Å²) in [6.45, 7) is 0.986.